The van der Waals surface area contributed by atoms with Gasteiger partial charge in [0.2, 0.25) is 5.91 Å². The number of aliphatic hydroxyl groups is 1. The molecule has 1 spiro atoms. The molecule has 4 heterocycles. The second kappa shape index (κ2) is 11.2. The Bertz CT molecular complexity index is 1230. The highest BCUT2D eigenvalue weighted by atomic mass is 35.5. The van der Waals surface area contributed by atoms with Crippen molar-refractivity contribution in [3.05, 3.63) is 53.1 Å². The molecule has 0 saturated carbocycles. The van der Waals surface area contributed by atoms with E-state index >= 15 is 0 Å². The standard InChI is InChI=1S/C31H39ClN2O5S/c1-19(2)17-21(18-35)34-26-28(37)33(25-20(3)11-9-12-22(25)32)15-10-14-31(26)23(27(34)36)24-29(38)39-16-8-6-5-7-13-30(24,4)40-31/h7,9-14,19,21,23-24,26,35H,5-6,8,15-18H2,1-4H3/b13-7-/t21-,23+,24-,26?,30+,31+/m1/s1. The zero-order valence-corrected chi connectivity index (χ0v) is 25.2. The summed E-state index contributed by atoms with van der Waals surface area (Å²) < 4.78 is 4.00. The van der Waals surface area contributed by atoms with E-state index < -0.39 is 39.4 Å². The van der Waals surface area contributed by atoms with E-state index in [-0.39, 0.29) is 30.9 Å². The number of allylic oxidation sites excluding steroid dienone is 1. The normalized spacial score (nSPS) is 33.8. The smallest absolute Gasteiger partial charge is 0.311 e. The number of hydrogen-bond acceptors (Lipinski definition) is 6. The number of nitrogens with zero attached hydrogens (tertiary/aromatic N) is 2. The van der Waals surface area contributed by atoms with Gasteiger partial charge < -0.3 is 19.6 Å². The van der Waals surface area contributed by atoms with Crippen LogP contribution in [-0.2, 0) is 19.1 Å². The molecule has 2 saturated heterocycles. The van der Waals surface area contributed by atoms with E-state index in [4.69, 9.17) is 16.3 Å². The van der Waals surface area contributed by atoms with Crippen LogP contribution in [-0.4, -0.2) is 69.1 Å². The zero-order chi connectivity index (χ0) is 28.8. The van der Waals surface area contributed by atoms with Crippen LogP contribution in [0.1, 0.15) is 52.0 Å². The van der Waals surface area contributed by atoms with Crippen molar-refractivity contribution in [1.29, 1.82) is 0 Å². The molecule has 0 bridgehead atoms. The highest BCUT2D eigenvalue weighted by Gasteiger charge is 2.74. The van der Waals surface area contributed by atoms with Gasteiger partial charge >= 0.3 is 5.97 Å². The maximum Gasteiger partial charge on any atom is 0.311 e. The minimum absolute atomic E-state index is 0.180. The second-order valence-electron chi connectivity index (χ2n) is 12.0. The summed E-state index contributed by atoms with van der Waals surface area (Å²) in [7, 11) is 0. The summed E-state index contributed by atoms with van der Waals surface area (Å²) in [5, 5.41) is 11.0. The minimum Gasteiger partial charge on any atom is -0.465 e. The molecule has 4 aliphatic rings. The molecular formula is C31H39ClN2O5S. The van der Waals surface area contributed by atoms with E-state index in [2.05, 4.69) is 6.08 Å². The van der Waals surface area contributed by atoms with E-state index in [0.717, 1.165) is 24.8 Å². The van der Waals surface area contributed by atoms with Crippen molar-refractivity contribution in [2.24, 2.45) is 17.8 Å². The molecule has 1 N–H and O–H groups in total. The summed E-state index contributed by atoms with van der Waals surface area (Å²) in [6.07, 6.45) is 11.1. The van der Waals surface area contributed by atoms with Gasteiger partial charge in [-0.15, -0.1) is 11.8 Å². The summed E-state index contributed by atoms with van der Waals surface area (Å²) in [4.78, 5) is 46.4. The number of amides is 2. The number of ether oxygens (including phenoxy) is 1. The number of carbonyl (C=O) groups excluding carboxylic acids is 3. The third-order valence-electron chi connectivity index (χ3n) is 8.74. The predicted molar refractivity (Wildman–Crippen MR) is 158 cm³/mol. The number of benzene rings is 1. The van der Waals surface area contributed by atoms with E-state index in [1.54, 1.807) is 15.9 Å². The third kappa shape index (κ3) is 4.70. The lowest BCUT2D eigenvalue weighted by atomic mass is 9.74. The molecule has 1 unspecified atom stereocenters. The van der Waals surface area contributed by atoms with Gasteiger partial charge in [-0.05, 0) is 57.1 Å². The number of carbonyl (C=O) groups is 3. The van der Waals surface area contributed by atoms with Gasteiger partial charge in [0.25, 0.3) is 5.91 Å². The van der Waals surface area contributed by atoms with Gasteiger partial charge in [-0.2, -0.15) is 0 Å². The van der Waals surface area contributed by atoms with Crippen LogP contribution in [0.2, 0.25) is 5.02 Å². The summed E-state index contributed by atoms with van der Waals surface area (Å²) in [6, 6.07) is 4.03. The Morgan fingerprint density at radius 3 is 2.60 bits per heavy atom. The Morgan fingerprint density at radius 2 is 1.90 bits per heavy atom. The minimum atomic E-state index is -1.01. The van der Waals surface area contributed by atoms with Gasteiger partial charge in [-0.3, -0.25) is 14.4 Å². The number of aryl methyl sites for hydroxylation is 1. The second-order valence-corrected chi connectivity index (χ2v) is 14.2. The lowest BCUT2D eigenvalue weighted by molar-refractivity contribution is -0.154. The molecule has 5 rings (SSSR count). The first-order chi connectivity index (χ1) is 19.1. The summed E-state index contributed by atoms with van der Waals surface area (Å²) in [5.74, 6) is -2.32. The van der Waals surface area contributed by atoms with Gasteiger partial charge in [0.1, 0.15) is 6.04 Å². The fraction of sp³-hybridized carbons (Fsp3) is 0.581. The number of rotatable bonds is 5. The number of likely N-dealkylation sites (tertiary alicyclic amines) is 1. The van der Waals surface area contributed by atoms with Crippen molar-refractivity contribution in [1.82, 2.24) is 4.90 Å². The number of anilines is 1. The maximum atomic E-state index is 14.8. The molecule has 1 aromatic carbocycles. The number of para-hydroxylation sites is 1. The molecule has 2 fully saturated rings. The van der Waals surface area contributed by atoms with Crippen LogP contribution >= 0.6 is 23.4 Å². The molecule has 0 aromatic heterocycles. The molecule has 40 heavy (non-hydrogen) atoms. The molecule has 7 nitrogen and oxygen atoms in total. The number of fused-ring (bicyclic) bond motifs is 2. The Morgan fingerprint density at radius 1 is 1.12 bits per heavy atom. The topological polar surface area (TPSA) is 87.2 Å². The van der Waals surface area contributed by atoms with Crippen molar-refractivity contribution in [2.45, 2.75) is 75.0 Å². The monoisotopic (exact) mass is 586 g/mol. The number of hydrogen-bond donors (Lipinski definition) is 1. The lowest BCUT2D eigenvalue weighted by Crippen LogP contribution is -2.57. The average molecular weight is 587 g/mol. The van der Waals surface area contributed by atoms with E-state index in [0.29, 0.717) is 23.7 Å². The molecule has 6 atom stereocenters. The lowest BCUT2D eigenvalue weighted by Gasteiger charge is -2.40. The summed E-state index contributed by atoms with van der Waals surface area (Å²) in [6.45, 7) is 8.28. The number of aliphatic hydroxyl groups excluding tert-OH is 1. The first-order valence-electron chi connectivity index (χ1n) is 14.3. The van der Waals surface area contributed by atoms with Gasteiger partial charge in [0.05, 0.1) is 46.5 Å². The number of cyclic esters (lactones) is 1. The molecule has 1 aromatic rings. The van der Waals surface area contributed by atoms with Crippen molar-refractivity contribution >= 4 is 46.8 Å². The van der Waals surface area contributed by atoms with Crippen LogP contribution in [0.25, 0.3) is 0 Å². The summed E-state index contributed by atoms with van der Waals surface area (Å²) >= 11 is 8.17. The van der Waals surface area contributed by atoms with Crippen molar-refractivity contribution in [2.75, 3.05) is 24.7 Å². The fourth-order valence-electron chi connectivity index (χ4n) is 7.12. The zero-order valence-electron chi connectivity index (χ0n) is 23.6. The maximum absolute atomic E-state index is 14.8. The first-order valence-corrected chi connectivity index (χ1v) is 15.5. The quantitative estimate of drug-likeness (QED) is 0.389. The van der Waals surface area contributed by atoms with Crippen LogP contribution in [0.3, 0.4) is 0 Å². The molecule has 9 heteroatoms. The van der Waals surface area contributed by atoms with Crippen LogP contribution in [0, 0.1) is 24.7 Å². The molecule has 216 valence electrons. The van der Waals surface area contributed by atoms with Crippen molar-refractivity contribution in [3.63, 3.8) is 0 Å². The van der Waals surface area contributed by atoms with Crippen LogP contribution < -0.4 is 4.90 Å². The number of thioether (sulfide) groups is 1. The van der Waals surface area contributed by atoms with Crippen LogP contribution in [0.5, 0.6) is 0 Å². The Labute approximate surface area is 245 Å². The van der Waals surface area contributed by atoms with Gasteiger partial charge in [0, 0.05) is 11.3 Å². The van der Waals surface area contributed by atoms with E-state index in [1.807, 2.05) is 58.1 Å². The first kappa shape index (κ1) is 29.2. The highest BCUT2D eigenvalue weighted by molar-refractivity contribution is 8.02. The SMILES string of the molecule is Cc1cccc(Cl)c1N1CC=C[C@]23S[C@@]4(C)/C=C\CCCCOC(=O)[C@H]4[C@H]2C(=O)N([C@@H](CO)CC(C)C)C3C1=O. The average Bonchev–Trinajstić information content (AvgIpc) is 3.23. The third-order valence-corrected chi connectivity index (χ3v) is 10.8. The Kier molecular flexibility index (Phi) is 8.16. The van der Waals surface area contributed by atoms with Gasteiger partial charge in [-0.1, -0.05) is 61.9 Å². The van der Waals surface area contributed by atoms with Crippen LogP contribution in [0.4, 0.5) is 5.69 Å². The van der Waals surface area contributed by atoms with Crippen molar-refractivity contribution < 1.29 is 24.2 Å². The number of esters is 1. The van der Waals surface area contributed by atoms with Crippen LogP contribution in [0.15, 0.2) is 42.5 Å². The van der Waals surface area contributed by atoms with E-state index in [1.165, 1.54) is 11.8 Å². The number of halogens is 1. The Balaban J connectivity index is 1.70. The molecule has 0 aliphatic carbocycles. The summed E-state index contributed by atoms with van der Waals surface area (Å²) in [5.41, 5.74) is 1.47. The fourth-order valence-corrected chi connectivity index (χ4v) is 9.58. The van der Waals surface area contributed by atoms with Gasteiger partial charge in [0.15, 0.2) is 0 Å². The van der Waals surface area contributed by atoms with E-state index in [9.17, 15) is 19.5 Å². The van der Waals surface area contributed by atoms with Gasteiger partial charge in [-0.25, -0.2) is 0 Å². The largest absolute Gasteiger partial charge is 0.465 e. The molecule has 0 radical (unpaired) electrons. The highest BCUT2D eigenvalue weighted by Crippen LogP contribution is 2.65. The Hall–Kier alpha value is -2.29. The predicted octanol–water partition coefficient (Wildman–Crippen LogP) is 4.93. The van der Waals surface area contributed by atoms with Crippen molar-refractivity contribution in [3.8, 4) is 0 Å². The molecule has 2 amide bonds. The molecular weight excluding hydrogens is 548 g/mol. The molecule has 4 aliphatic heterocycles.